The van der Waals surface area contributed by atoms with E-state index in [1.165, 1.54) is 33.8 Å². The van der Waals surface area contributed by atoms with E-state index in [4.69, 9.17) is 5.73 Å². The number of hydrogen-bond donors (Lipinski definition) is 9. The van der Waals surface area contributed by atoms with Gasteiger partial charge in [-0.15, -0.1) is 0 Å². The minimum absolute atomic E-state index is 0.438. The molecule has 0 aliphatic rings. The van der Waals surface area contributed by atoms with Crippen molar-refractivity contribution in [1.29, 1.82) is 0 Å². The van der Waals surface area contributed by atoms with Crippen LogP contribution in [0.25, 0.3) is 0 Å². The van der Waals surface area contributed by atoms with Gasteiger partial charge in [-0.1, -0.05) is 37.6 Å². The molecule has 0 unspecified atom stereocenters. The standard InChI is InChI=1S/C29H41N9O10S2/c1-6-49-12-18-7-14(2)8-19(9-18)13-50-11-15(3)22(41)31-16(4)23(42)33-20(10-21(30)40)24(43)34-26(45)36-28(47)38-29(48)37-27(46)35-25(44)32-17(5)39/h7-9,15-16,20H,6,10-13H2,1-5H3,(H2,30,40)(H,31,41)(H,33,42)(H6,32,34,35,36,37,38,39,43,44,45,46,47,48)/t15-,16+,20-/m0/s1. The number of hydrogen-bond acceptors (Lipinski definition) is 12. The summed E-state index contributed by atoms with van der Waals surface area (Å²) in [6.07, 6.45) is -0.767. The first kappa shape index (κ1) is 42.8. The highest BCUT2D eigenvalue weighted by atomic mass is 32.2. The molecule has 0 radical (unpaired) electrons. The molecule has 0 saturated carbocycles. The fraction of sp³-hybridized carbons (Fsp3) is 0.448. The number of carbonyl (C=O) groups is 10. The average Bonchev–Trinajstić information content (AvgIpc) is 2.97. The lowest BCUT2D eigenvalue weighted by Crippen LogP contribution is -2.57. The molecular weight excluding hydrogens is 699 g/mol. The van der Waals surface area contributed by atoms with Gasteiger partial charge in [-0.25, -0.2) is 24.0 Å². The van der Waals surface area contributed by atoms with Gasteiger partial charge in [0.15, 0.2) is 0 Å². The summed E-state index contributed by atoms with van der Waals surface area (Å²) >= 11 is 3.39. The molecule has 0 fully saturated rings. The van der Waals surface area contributed by atoms with E-state index in [9.17, 15) is 47.9 Å². The van der Waals surface area contributed by atoms with Crippen molar-refractivity contribution in [1.82, 2.24) is 42.5 Å². The van der Waals surface area contributed by atoms with Crippen molar-refractivity contribution in [3.8, 4) is 0 Å². The summed E-state index contributed by atoms with van der Waals surface area (Å²) in [6.45, 7) is 8.14. The Bertz CT molecular complexity index is 1490. The maximum absolute atomic E-state index is 12.8. The Morgan fingerprint density at radius 2 is 1.14 bits per heavy atom. The van der Waals surface area contributed by atoms with Crippen molar-refractivity contribution in [2.45, 2.75) is 64.6 Å². The van der Waals surface area contributed by atoms with Crippen LogP contribution in [0.5, 0.6) is 0 Å². The normalized spacial score (nSPS) is 12.1. The molecule has 0 aromatic heterocycles. The molecule has 0 bridgehead atoms. The van der Waals surface area contributed by atoms with Crippen LogP contribution in [0.1, 0.15) is 50.8 Å². The van der Waals surface area contributed by atoms with Gasteiger partial charge in [0.05, 0.1) is 6.42 Å². The lowest BCUT2D eigenvalue weighted by molar-refractivity contribution is -0.133. The summed E-state index contributed by atoms with van der Waals surface area (Å²) in [5.74, 6) is -1.87. The van der Waals surface area contributed by atoms with Gasteiger partial charge in [0.1, 0.15) is 12.1 Å². The van der Waals surface area contributed by atoms with Gasteiger partial charge in [0, 0.05) is 30.1 Å². The molecule has 0 spiro atoms. The number of benzene rings is 1. The molecule has 0 aliphatic carbocycles. The lowest BCUT2D eigenvalue weighted by atomic mass is 10.1. The number of carbonyl (C=O) groups excluding carboxylic acids is 10. The van der Waals surface area contributed by atoms with Gasteiger partial charge < -0.3 is 16.4 Å². The smallest absolute Gasteiger partial charge is 0.330 e. The van der Waals surface area contributed by atoms with E-state index in [2.05, 4.69) is 35.8 Å². The number of rotatable bonds is 14. The maximum Gasteiger partial charge on any atom is 0.330 e. The second kappa shape index (κ2) is 21.7. The Morgan fingerprint density at radius 1 is 0.660 bits per heavy atom. The predicted octanol–water partition coefficient (Wildman–Crippen LogP) is 0.193. The number of nitrogens with two attached hydrogens (primary N) is 1. The fourth-order valence-corrected chi connectivity index (χ4v) is 5.45. The molecule has 3 atom stereocenters. The highest BCUT2D eigenvalue weighted by Crippen LogP contribution is 2.21. The SMILES string of the molecule is CCSCc1cc(C)cc(CSC[C@H](C)C(=O)N[C@H](C)C(=O)N[C@@H](CC(N)=O)C(=O)NC(=O)NC(=O)NC(=O)NC(=O)NC(=O)NC(C)=O)c1. The van der Waals surface area contributed by atoms with E-state index in [0.29, 0.717) is 11.5 Å². The summed E-state index contributed by atoms with van der Waals surface area (Å²) in [6, 6.07) is -3.77. The molecule has 15 amide bonds. The quantitative estimate of drug-likeness (QED) is 0.124. The lowest BCUT2D eigenvalue weighted by Gasteiger charge is -2.21. The van der Waals surface area contributed by atoms with Crippen molar-refractivity contribution in [3.63, 3.8) is 0 Å². The summed E-state index contributed by atoms with van der Waals surface area (Å²) < 4.78 is 0. The zero-order valence-corrected chi connectivity index (χ0v) is 29.6. The van der Waals surface area contributed by atoms with Gasteiger partial charge in [0.25, 0.3) is 5.91 Å². The van der Waals surface area contributed by atoms with Crippen LogP contribution in [0.2, 0.25) is 0 Å². The highest BCUT2D eigenvalue weighted by molar-refractivity contribution is 7.98. The van der Waals surface area contributed by atoms with Gasteiger partial charge in [-0.05, 0) is 30.7 Å². The molecule has 10 N–H and O–H groups in total. The Hall–Kier alpha value is -5.18. The first-order valence-corrected chi connectivity index (χ1v) is 17.2. The average molecular weight is 740 g/mol. The highest BCUT2D eigenvalue weighted by Gasteiger charge is 2.28. The molecule has 0 heterocycles. The summed E-state index contributed by atoms with van der Waals surface area (Å²) in [5.41, 5.74) is 8.69. The van der Waals surface area contributed by atoms with E-state index >= 15 is 0 Å². The van der Waals surface area contributed by atoms with Crippen LogP contribution in [0.4, 0.5) is 24.0 Å². The van der Waals surface area contributed by atoms with Crippen LogP contribution in [0, 0.1) is 12.8 Å². The topological polar surface area (TPSA) is 293 Å². The third-order valence-electron chi connectivity index (χ3n) is 5.98. The van der Waals surface area contributed by atoms with Crippen LogP contribution in [-0.4, -0.2) is 83.3 Å². The Morgan fingerprint density at radius 3 is 1.62 bits per heavy atom. The number of amides is 15. The number of imide groups is 6. The molecule has 19 nitrogen and oxygen atoms in total. The van der Waals surface area contributed by atoms with Gasteiger partial charge in [-0.2, -0.15) is 23.5 Å². The molecule has 1 aromatic rings. The number of urea groups is 5. The van der Waals surface area contributed by atoms with Gasteiger partial charge in [-0.3, -0.25) is 55.9 Å². The number of primary amides is 1. The Kier molecular flexibility index (Phi) is 18.6. The zero-order valence-electron chi connectivity index (χ0n) is 28.0. The largest absolute Gasteiger partial charge is 0.370 e. The molecule has 0 aliphatic heterocycles. The minimum atomic E-state index is -1.70. The molecule has 50 heavy (non-hydrogen) atoms. The zero-order chi connectivity index (χ0) is 38.0. The van der Waals surface area contributed by atoms with Crippen molar-refractivity contribution in [3.05, 3.63) is 34.9 Å². The number of aryl methyl sites for hydroxylation is 1. The van der Waals surface area contributed by atoms with E-state index < -0.39 is 84.1 Å². The van der Waals surface area contributed by atoms with Gasteiger partial charge in [0.2, 0.25) is 23.6 Å². The molecule has 1 aromatic carbocycles. The molecule has 274 valence electrons. The second-order valence-electron chi connectivity index (χ2n) is 10.7. The van der Waals surface area contributed by atoms with E-state index in [0.717, 1.165) is 29.6 Å². The second-order valence-corrected chi connectivity index (χ2v) is 13.0. The predicted molar refractivity (Wildman–Crippen MR) is 183 cm³/mol. The van der Waals surface area contributed by atoms with Gasteiger partial charge >= 0.3 is 30.2 Å². The van der Waals surface area contributed by atoms with Crippen LogP contribution >= 0.6 is 23.5 Å². The minimum Gasteiger partial charge on any atom is -0.370 e. The van der Waals surface area contributed by atoms with Crippen molar-refractivity contribution >= 4 is 83.2 Å². The fourth-order valence-electron chi connectivity index (χ4n) is 3.82. The van der Waals surface area contributed by atoms with E-state index in [1.807, 2.05) is 18.7 Å². The summed E-state index contributed by atoms with van der Waals surface area (Å²) in [7, 11) is 0. The van der Waals surface area contributed by atoms with Crippen molar-refractivity contribution in [2.24, 2.45) is 11.7 Å². The first-order chi connectivity index (χ1) is 23.4. The molecule has 0 saturated heterocycles. The summed E-state index contributed by atoms with van der Waals surface area (Å²) in [5, 5.41) is 14.1. The van der Waals surface area contributed by atoms with Crippen molar-refractivity contribution in [2.75, 3.05) is 11.5 Å². The summed E-state index contributed by atoms with van der Waals surface area (Å²) in [4.78, 5) is 119. The number of nitrogens with one attached hydrogen (secondary N) is 8. The molecule has 1 rings (SSSR count). The van der Waals surface area contributed by atoms with Crippen LogP contribution < -0.4 is 48.3 Å². The number of thioether (sulfide) groups is 2. The van der Waals surface area contributed by atoms with Crippen LogP contribution in [0.3, 0.4) is 0 Å². The first-order valence-electron chi connectivity index (χ1n) is 14.9. The monoisotopic (exact) mass is 739 g/mol. The van der Waals surface area contributed by atoms with Crippen LogP contribution in [-0.2, 0) is 35.5 Å². The Labute approximate surface area is 295 Å². The maximum atomic E-state index is 12.8. The third-order valence-corrected chi connectivity index (χ3v) is 8.20. The van der Waals surface area contributed by atoms with Crippen LogP contribution in [0.15, 0.2) is 18.2 Å². The van der Waals surface area contributed by atoms with E-state index in [1.54, 1.807) is 29.3 Å². The third kappa shape index (κ3) is 17.8. The molecular formula is C29H41N9O10S2. The van der Waals surface area contributed by atoms with E-state index in [-0.39, 0.29) is 0 Å². The Balaban J connectivity index is 2.62. The molecule has 21 heteroatoms. The van der Waals surface area contributed by atoms with Crippen molar-refractivity contribution < 1.29 is 47.9 Å².